The maximum absolute atomic E-state index is 12.7. The molecule has 7 heteroatoms. The molecule has 1 saturated heterocycles. The molecule has 0 aromatic heterocycles. The zero-order chi connectivity index (χ0) is 20.8. The molecule has 1 atom stereocenters. The van der Waals surface area contributed by atoms with E-state index in [0.717, 1.165) is 24.3 Å². The Morgan fingerprint density at radius 3 is 2.34 bits per heavy atom. The summed E-state index contributed by atoms with van der Waals surface area (Å²) in [6.45, 7) is 2.73. The number of carbonyl (C=O) groups excluding carboxylic acids is 2. The van der Waals surface area contributed by atoms with E-state index in [2.05, 4.69) is 10.2 Å². The van der Waals surface area contributed by atoms with Crippen LogP contribution in [0.2, 0.25) is 5.02 Å². The van der Waals surface area contributed by atoms with Crippen LogP contribution in [0.4, 0.5) is 5.69 Å². The summed E-state index contributed by atoms with van der Waals surface area (Å²) in [7, 11) is 3.71. The Kier molecular flexibility index (Phi) is 7.12. The van der Waals surface area contributed by atoms with Crippen molar-refractivity contribution in [1.29, 1.82) is 0 Å². The molecule has 2 aromatic rings. The number of nitrogens with zero attached hydrogens (tertiary/aromatic N) is 3. The molecule has 0 saturated carbocycles. The number of halogens is 1. The van der Waals surface area contributed by atoms with Crippen molar-refractivity contribution in [1.82, 2.24) is 15.1 Å². The fourth-order valence-corrected chi connectivity index (χ4v) is 3.76. The first-order chi connectivity index (χ1) is 14.0. The van der Waals surface area contributed by atoms with Crippen molar-refractivity contribution >= 4 is 29.1 Å². The zero-order valence-corrected chi connectivity index (χ0v) is 17.6. The Balaban J connectivity index is 1.51. The van der Waals surface area contributed by atoms with Crippen molar-refractivity contribution in [3.05, 3.63) is 65.2 Å². The molecule has 0 radical (unpaired) electrons. The van der Waals surface area contributed by atoms with E-state index in [-0.39, 0.29) is 18.4 Å². The van der Waals surface area contributed by atoms with Gasteiger partial charge in [-0.3, -0.25) is 14.5 Å². The normalized spacial score (nSPS) is 15.3. The second kappa shape index (κ2) is 9.76. The summed E-state index contributed by atoms with van der Waals surface area (Å²) in [5.41, 5.74) is 1.96. The number of carbonyl (C=O) groups is 2. The standard InChI is InChI=1S/C22H27ClN4O2/c1-25(2)21(17-7-4-3-5-8-17)22(29)24-16-20(28)27-13-11-26(12-14-27)19-10-6-9-18(23)15-19/h3-10,15,21H,11-14,16H2,1-2H3,(H,24,29). The first kappa shape index (κ1) is 21.1. The molecule has 2 aromatic carbocycles. The molecule has 2 amide bonds. The number of benzene rings is 2. The molecule has 1 aliphatic rings. The molecule has 0 spiro atoms. The van der Waals surface area contributed by atoms with Gasteiger partial charge in [-0.15, -0.1) is 0 Å². The average Bonchev–Trinajstić information content (AvgIpc) is 2.73. The Morgan fingerprint density at radius 2 is 1.72 bits per heavy atom. The minimum atomic E-state index is -0.427. The third-order valence-corrected chi connectivity index (χ3v) is 5.33. The molecule has 1 aliphatic heterocycles. The predicted octanol–water partition coefficient (Wildman–Crippen LogP) is 2.41. The van der Waals surface area contributed by atoms with Crippen LogP contribution in [0.1, 0.15) is 11.6 Å². The summed E-state index contributed by atoms with van der Waals surface area (Å²) in [6.07, 6.45) is 0. The van der Waals surface area contributed by atoms with Crippen LogP contribution in [-0.4, -0.2) is 68.4 Å². The van der Waals surface area contributed by atoms with Gasteiger partial charge in [-0.2, -0.15) is 0 Å². The highest BCUT2D eigenvalue weighted by molar-refractivity contribution is 6.30. The largest absolute Gasteiger partial charge is 0.368 e. The van der Waals surface area contributed by atoms with Gasteiger partial charge in [0, 0.05) is 36.9 Å². The van der Waals surface area contributed by atoms with Gasteiger partial charge in [0.1, 0.15) is 6.04 Å². The molecule has 3 rings (SSSR count). The van der Waals surface area contributed by atoms with Crippen molar-refractivity contribution in [2.24, 2.45) is 0 Å². The first-order valence-corrected chi connectivity index (χ1v) is 10.1. The lowest BCUT2D eigenvalue weighted by molar-refractivity contribution is -0.134. The Labute approximate surface area is 177 Å². The average molecular weight is 415 g/mol. The highest BCUT2D eigenvalue weighted by Crippen LogP contribution is 2.21. The SMILES string of the molecule is CN(C)C(C(=O)NCC(=O)N1CCN(c2cccc(Cl)c2)CC1)c1ccccc1. The Morgan fingerprint density at radius 1 is 1.03 bits per heavy atom. The number of hydrogen-bond acceptors (Lipinski definition) is 4. The molecule has 0 aliphatic carbocycles. The van der Waals surface area contributed by atoms with E-state index < -0.39 is 6.04 Å². The monoisotopic (exact) mass is 414 g/mol. The quantitative estimate of drug-likeness (QED) is 0.788. The minimum Gasteiger partial charge on any atom is -0.368 e. The van der Waals surface area contributed by atoms with E-state index in [9.17, 15) is 9.59 Å². The lowest BCUT2D eigenvalue weighted by Gasteiger charge is -2.36. The molecule has 1 unspecified atom stereocenters. The molecule has 1 heterocycles. The van der Waals surface area contributed by atoms with Crippen molar-refractivity contribution in [2.45, 2.75) is 6.04 Å². The van der Waals surface area contributed by atoms with Crippen molar-refractivity contribution < 1.29 is 9.59 Å². The maximum Gasteiger partial charge on any atom is 0.242 e. The third kappa shape index (κ3) is 5.49. The summed E-state index contributed by atoms with van der Waals surface area (Å²) < 4.78 is 0. The predicted molar refractivity (Wildman–Crippen MR) is 116 cm³/mol. The summed E-state index contributed by atoms with van der Waals surface area (Å²) in [5, 5.41) is 3.51. The first-order valence-electron chi connectivity index (χ1n) is 9.73. The van der Waals surface area contributed by atoms with Crippen molar-refractivity contribution in [2.75, 3.05) is 51.7 Å². The number of likely N-dealkylation sites (N-methyl/N-ethyl adjacent to an activating group) is 1. The van der Waals surface area contributed by atoms with E-state index in [1.54, 1.807) is 4.90 Å². The smallest absolute Gasteiger partial charge is 0.242 e. The van der Waals surface area contributed by atoms with Crippen LogP contribution in [-0.2, 0) is 9.59 Å². The van der Waals surface area contributed by atoms with E-state index in [1.165, 1.54) is 0 Å². The Hall–Kier alpha value is -2.57. The van der Waals surface area contributed by atoms with Gasteiger partial charge in [0.2, 0.25) is 11.8 Å². The van der Waals surface area contributed by atoms with E-state index in [4.69, 9.17) is 11.6 Å². The van der Waals surface area contributed by atoms with Crippen LogP contribution < -0.4 is 10.2 Å². The third-order valence-electron chi connectivity index (χ3n) is 5.10. The van der Waals surface area contributed by atoms with Crippen LogP contribution >= 0.6 is 11.6 Å². The van der Waals surface area contributed by atoms with Crippen molar-refractivity contribution in [3.8, 4) is 0 Å². The van der Waals surface area contributed by atoms with Gasteiger partial charge in [0.25, 0.3) is 0 Å². The summed E-state index contributed by atoms with van der Waals surface area (Å²) in [5.74, 6) is -0.234. The lowest BCUT2D eigenvalue weighted by Crippen LogP contribution is -2.51. The fraction of sp³-hybridized carbons (Fsp3) is 0.364. The van der Waals surface area contributed by atoms with Crippen molar-refractivity contribution in [3.63, 3.8) is 0 Å². The van der Waals surface area contributed by atoms with Gasteiger partial charge in [0.15, 0.2) is 0 Å². The minimum absolute atomic E-state index is 0.00712. The van der Waals surface area contributed by atoms with E-state index in [0.29, 0.717) is 18.1 Å². The van der Waals surface area contributed by atoms with E-state index >= 15 is 0 Å². The highest BCUT2D eigenvalue weighted by atomic mass is 35.5. The second-order valence-corrected chi connectivity index (χ2v) is 7.78. The molecule has 6 nitrogen and oxygen atoms in total. The molecule has 0 bridgehead atoms. The van der Waals surface area contributed by atoms with Crippen LogP contribution in [0.5, 0.6) is 0 Å². The molecule has 1 fully saturated rings. The Bertz CT molecular complexity index is 836. The number of anilines is 1. The number of amides is 2. The molecule has 29 heavy (non-hydrogen) atoms. The van der Waals surface area contributed by atoms with Gasteiger partial charge < -0.3 is 15.1 Å². The van der Waals surface area contributed by atoms with Gasteiger partial charge in [-0.1, -0.05) is 48.0 Å². The van der Waals surface area contributed by atoms with Crippen LogP contribution in [0, 0.1) is 0 Å². The zero-order valence-electron chi connectivity index (χ0n) is 16.8. The maximum atomic E-state index is 12.7. The molecule has 154 valence electrons. The lowest BCUT2D eigenvalue weighted by atomic mass is 10.1. The van der Waals surface area contributed by atoms with Gasteiger partial charge >= 0.3 is 0 Å². The van der Waals surface area contributed by atoms with Gasteiger partial charge in [-0.05, 0) is 37.9 Å². The van der Waals surface area contributed by atoms with Crippen LogP contribution in [0.3, 0.4) is 0 Å². The number of hydrogen-bond donors (Lipinski definition) is 1. The number of nitrogens with one attached hydrogen (secondary N) is 1. The van der Waals surface area contributed by atoms with E-state index in [1.807, 2.05) is 73.6 Å². The molecular formula is C22H27ClN4O2. The molecular weight excluding hydrogens is 388 g/mol. The van der Waals surface area contributed by atoms with Gasteiger partial charge in [-0.25, -0.2) is 0 Å². The van der Waals surface area contributed by atoms with Gasteiger partial charge in [0.05, 0.1) is 6.54 Å². The van der Waals surface area contributed by atoms with Crippen LogP contribution in [0.25, 0.3) is 0 Å². The number of rotatable bonds is 6. The topological polar surface area (TPSA) is 55.9 Å². The second-order valence-electron chi connectivity index (χ2n) is 7.34. The fourth-order valence-electron chi connectivity index (χ4n) is 3.58. The van der Waals surface area contributed by atoms with Crippen LogP contribution in [0.15, 0.2) is 54.6 Å². The number of piperazine rings is 1. The summed E-state index contributed by atoms with van der Waals surface area (Å²) >= 11 is 6.07. The highest BCUT2D eigenvalue weighted by Gasteiger charge is 2.25. The molecule has 1 N–H and O–H groups in total. The summed E-state index contributed by atoms with van der Waals surface area (Å²) in [4.78, 5) is 31.1. The summed E-state index contributed by atoms with van der Waals surface area (Å²) in [6, 6.07) is 16.9.